The zero-order chi connectivity index (χ0) is 19.4. The van der Waals surface area contributed by atoms with E-state index in [4.69, 9.17) is 9.73 Å². The third-order valence-electron chi connectivity index (χ3n) is 4.50. The van der Waals surface area contributed by atoms with Crippen molar-refractivity contribution >= 4 is 23.4 Å². The molecule has 1 aliphatic rings. The number of amides is 1. The minimum Gasteiger partial charge on any atom is -0.464 e. The van der Waals surface area contributed by atoms with Gasteiger partial charge in [0.1, 0.15) is 12.6 Å². The molecule has 1 unspecified atom stereocenters. The van der Waals surface area contributed by atoms with Crippen LogP contribution in [0.2, 0.25) is 0 Å². The van der Waals surface area contributed by atoms with E-state index in [9.17, 15) is 9.59 Å². The summed E-state index contributed by atoms with van der Waals surface area (Å²) in [7, 11) is 0. The fraction of sp³-hybridized carbons (Fsp3) is 0.286. The molecule has 0 saturated carbocycles. The second-order valence-corrected chi connectivity index (χ2v) is 6.45. The molecule has 0 bridgehead atoms. The van der Waals surface area contributed by atoms with Crippen LogP contribution < -0.4 is 10.6 Å². The van der Waals surface area contributed by atoms with Crippen molar-refractivity contribution < 1.29 is 14.3 Å². The number of anilines is 1. The van der Waals surface area contributed by atoms with E-state index in [2.05, 4.69) is 10.6 Å². The number of nitrogens with one attached hydrogen (secondary N) is 2. The molecule has 0 aliphatic carbocycles. The van der Waals surface area contributed by atoms with Gasteiger partial charge in [-0.15, -0.1) is 0 Å². The van der Waals surface area contributed by atoms with E-state index in [1.54, 1.807) is 6.07 Å². The van der Waals surface area contributed by atoms with Crippen molar-refractivity contribution in [3.05, 3.63) is 64.7 Å². The molecule has 0 radical (unpaired) electrons. The van der Waals surface area contributed by atoms with E-state index in [1.807, 2.05) is 50.2 Å². The molecule has 0 fully saturated rings. The average Bonchev–Trinajstić information content (AvgIpc) is 2.64. The van der Waals surface area contributed by atoms with Gasteiger partial charge in [0.25, 0.3) is 5.91 Å². The molecule has 0 aromatic heterocycles. The average molecular weight is 365 g/mol. The Morgan fingerprint density at radius 3 is 2.63 bits per heavy atom. The Bertz CT molecular complexity index is 905. The summed E-state index contributed by atoms with van der Waals surface area (Å²) in [6, 6.07) is 13.6. The maximum atomic E-state index is 12.6. The molecule has 3 rings (SSSR count). The number of aliphatic imine (C=N–C) groups is 1. The van der Waals surface area contributed by atoms with Crippen LogP contribution in [-0.4, -0.2) is 30.9 Å². The molecule has 1 amide bonds. The third kappa shape index (κ3) is 4.16. The number of carbonyl (C=O) groups excluding carboxylic acids is 2. The molecule has 2 aromatic rings. The summed E-state index contributed by atoms with van der Waals surface area (Å²) in [6.45, 7) is 5.64. The van der Waals surface area contributed by atoms with Crippen LogP contribution in [0.25, 0.3) is 0 Å². The molecule has 27 heavy (non-hydrogen) atoms. The fourth-order valence-corrected chi connectivity index (χ4v) is 3.23. The van der Waals surface area contributed by atoms with Gasteiger partial charge in [-0.2, -0.15) is 0 Å². The van der Waals surface area contributed by atoms with Crippen LogP contribution in [0.3, 0.4) is 0 Å². The first-order chi connectivity index (χ1) is 13.0. The molecule has 1 heterocycles. The fourth-order valence-electron chi connectivity index (χ4n) is 3.23. The van der Waals surface area contributed by atoms with Gasteiger partial charge >= 0.3 is 5.97 Å². The lowest BCUT2D eigenvalue weighted by Gasteiger charge is -2.26. The van der Waals surface area contributed by atoms with Gasteiger partial charge in [-0.25, -0.2) is 0 Å². The second kappa shape index (κ2) is 8.03. The van der Waals surface area contributed by atoms with E-state index in [0.29, 0.717) is 5.56 Å². The van der Waals surface area contributed by atoms with Crippen molar-refractivity contribution in [3.63, 3.8) is 0 Å². The van der Waals surface area contributed by atoms with Gasteiger partial charge < -0.3 is 15.4 Å². The first-order valence-corrected chi connectivity index (χ1v) is 8.89. The predicted octanol–water partition coefficient (Wildman–Crippen LogP) is 3.22. The highest BCUT2D eigenvalue weighted by atomic mass is 16.5. The predicted molar refractivity (Wildman–Crippen MR) is 105 cm³/mol. The Morgan fingerprint density at radius 2 is 1.85 bits per heavy atom. The number of fused-ring (bicyclic) bond motifs is 1. The lowest BCUT2D eigenvalue weighted by atomic mass is 9.90. The molecular weight excluding hydrogens is 342 g/mol. The highest BCUT2D eigenvalue weighted by Gasteiger charge is 2.24. The number of para-hydroxylation sites is 1. The summed E-state index contributed by atoms with van der Waals surface area (Å²) >= 11 is 0. The van der Waals surface area contributed by atoms with Crippen LogP contribution in [0, 0.1) is 6.92 Å². The molecule has 1 aliphatic heterocycles. The maximum Gasteiger partial charge on any atom is 0.302 e. The number of hydrogen-bond donors (Lipinski definition) is 2. The molecule has 2 aromatic carbocycles. The molecule has 6 nitrogen and oxygen atoms in total. The topological polar surface area (TPSA) is 79.8 Å². The summed E-state index contributed by atoms with van der Waals surface area (Å²) in [5, 5.41) is 6.08. The number of hydrogen-bond acceptors (Lipinski definition) is 5. The molecule has 0 saturated heterocycles. The quantitative estimate of drug-likeness (QED) is 0.630. The van der Waals surface area contributed by atoms with Crippen molar-refractivity contribution in [2.24, 2.45) is 4.99 Å². The lowest BCUT2D eigenvalue weighted by molar-refractivity contribution is -0.140. The molecule has 2 N–H and O–H groups in total. The lowest BCUT2D eigenvalue weighted by Crippen LogP contribution is -2.28. The van der Waals surface area contributed by atoms with Crippen LogP contribution >= 0.6 is 0 Å². The van der Waals surface area contributed by atoms with Crippen LogP contribution in [0.4, 0.5) is 5.69 Å². The Morgan fingerprint density at radius 1 is 1.11 bits per heavy atom. The molecule has 1 atom stereocenters. The number of ether oxygens (including phenoxy) is 1. The SMILES string of the molecule is CC(=O)OCCNC(=O)c1cccc(C2N=C(C)Nc3ccccc32)c1C. The van der Waals surface area contributed by atoms with Gasteiger partial charge in [-0.05, 0) is 37.1 Å². The highest BCUT2D eigenvalue weighted by Crippen LogP contribution is 2.36. The standard InChI is InChI=1S/C21H23N3O3/c1-13-16(20-18-7-4-5-10-19(18)23-14(2)24-20)8-6-9-17(13)21(26)22-11-12-27-15(3)25/h4-10,20H,11-12H2,1-3H3,(H,22,26)(H,23,24). The van der Waals surface area contributed by atoms with Crippen molar-refractivity contribution in [2.45, 2.75) is 26.8 Å². The summed E-state index contributed by atoms with van der Waals surface area (Å²) < 4.78 is 4.85. The molecule has 6 heteroatoms. The van der Waals surface area contributed by atoms with Gasteiger partial charge in [-0.3, -0.25) is 14.6 Å². The molecule has 0 spiro atoms. The third-order valence-corrected chi connectivity index (χ3v) is 4.50. The van der Waals surface area contributed by atoms with Crippen molar-refractivity contribution in [1.29, 1.82) is 0 Å². The number of esters is 1. The number of amidine groups is 1. The van der Waals surface area contributed by atoms with Crippen molar-refractivity contribution in [2.75, 3.05) is 18.5 Å². The van der Waals surface area contributed by atoms with E-state index in [0.717, 1.165) is 28.2 Å². The number of nitrogens with zero attached hydrogens (tertiary/aromatic N) is 1. The Balaban J connectivity index is 1.86. The van der Waals surface area contributed by atoms with E-state index in [1.165, 1.54) is 6.92 Å². The van der Waals surface area contributed by atoms with Gasteiger partial charge in [0.15, 0.2) is 0 Å². The number of rotatable bonds is 5. The highest BCUT2D eigenvalue weighted by molar-refractivity contribution is 5.98. The van der Waals surface area contributed by atoms with Crippen molar-refractivity contribution in [1.82, 2.24) is 5.32 Å². The molecular formula is C21H23N3O3. The largest absolute Gasteiger partial charge is 0.464 e. The van der Waals surface area contributed by atoms with Crippen molar-refractivity contribution in [3.8, 4) is 0 Å². The van der Waals surface area contributed by atoms with Crippen LogP contribution in [0.5, 0.6) is 0 Å². The number of benzene rings is 2. The van der Waals surface area contributed by atoms with Crippen LogP contribution in [0.15, 0.2) is 47.5 Å². The van der Waals surface area contributed by atoms with Gasteiger partial charge in [-0.1, -0.05) is 30.3 Å². The van der Waals surface area contributed by atoms with E-state index >= 15 is 0 Å². The molecule has 140 valence electrons. The van der Waals surface area contributed by atoms with Crippen LogP contribution in [-0.2, 0) is 9.53 Å². The van der Waals surface area contributed by atoms with E-state index in [-0.39, 0.29) is 31.1 Å². The second-order valence-electron chi connectivity index (χ2n) is 6.45. The minimum atomic E-state index is -0.361. The Kier molecular flexibility index (Phi) is 5.54. The Hall–Kier alpha value is -3.15. The van der Waals surface area contributed by atoms with E-state index < -0.39 is 0 Å². The first kappa shape index (κ1) is 18.6. The smallest absolute Gasteiger partial charge is 0.302 e. The maximum absolute atomic E-state index is 12.6. The monoisotopic (exact) mass is 365 g/mol. The van der Waals surface area contributed by atoms with Gasteiger partial charge in [0.2, 0.25) is 0 Å². The van der Waals surface area contributed by atoms with Gasteiger partial charge in [0, 0.05) is 23.7 Å². The summed E-state index contributed by atoms with van der Waals surface area (Å²) in [6.07, 6.45) is 0. The zero-order valence-electron chi connectivity index (χ0n) is 15.7. The normalized spacial score (nSPS) is 15.2. The summed E-state index contributed by atoms with van der Waals surface area (Å²) in [4.78, 5) is 28.1. The minimum absolute atomic E-state index is 0.156. The first-order valence-electron chi connectivity index (χ1n) is 8.89. The summed E-state index contributed by atoms with van der Waals surface area (Å²) in [5.41, 5.74) is 4.60. The number of carbonyl (C=O) groups is 2. The zero-order valence-corrected chi connectivity index (χ0v) is 15.7. The van der Waals surface area contributed by atoms with Crippen LogP contribution in [0.1, 0.15) is 46.9 Å². The summed E-state index contributed by atoms with van der Waals surface area (Å²) in [5.74, 6) is 0.291. The van der Waals surface area contributed by atoms with Gasteiger partial charge in [0.05, 0.1) is 12.4 Å². The Labute approximate surface area is 158 Å².